The molecule has 0 aliphatic rings. The van der Waals surface area contributed by atoms with Gasteiger partial charge in [0.2, 0.25) is 0 Å². The molecule has 2 heterocycles. The van der Waals surface area contributed by atoms with Crippen LogP contribution in [-0.4, -0.2) is 9.13 Å². The molecule has 0 unspecified atom stereocenters. The van der Waals surface area contributed by atoms with Crippen molar-refractivity contribution in [1.82, 2.24) is 9.13 Å². The van der Waals surface area contributed by atoms with Crippen LogP contribution in [0.3, 0.4) is 0 Å². The summed E-state index contributed by atoms with van der Waals surface area (Å²) in [6, 6.07) is 61.4. The van der Waals surface area contributed by atoms with Crippen LogP contribution in [0.2, 0.25) is 0 Å². The second-order valence-electron chi connectivity index (χ2n) is 11.4. The van der Waals surface area contributed by atoms with E-state index >= 15 is 0 Å². The minimum absolute atomic E-state index is 1.16. The Hall–Kier alpha value is -5.86. The normalized spacial score (nSPS) is 11.6. The van der Waals surface area contributed by atoms with Gasteiger partial charge in [0, 0.05) is 32.8 Å². The zero-order valence-electron chi connectivity index (χ0n) is 24.1. The summed E-state index contributed by atoms with van der Waals surface area (Å²) in [6.45, 7) is 0. The highest BCUT2D eigenvalue weighted by molar-refractivity contribution is 6.16. The molecule has 0 N–H and O–H groups in total. The predicted octanol–water partition coefficient (Wildman–Crippen LogP) is 11.2. The Bertz CT molecular complexity index is 2440. The Kier molecular flexibility index (Phi) is 5.54. The van der Waals surface area contributed by atoms with E-state index in [9.17, 15) is 0 Å². The van der Waals surface area contributed by atoms with Gasteiger partial charge in [-0.2, -0.15) is 0 Å². The number of hydrogen-bond donors (Lipinski definition) is 0. The van der Waals surface area contributed by atoms with Crippen LogP contribution in [0, 0.1) is 0 Å². The van der Waals surface area contributed by atoms with Gasteiger partial charge in [0.25, 0.3) is 0 Å². The first-order chi connectivity index (χ1) is 21.9. The fourth-order valence-electron chi connectivity index (χ4n) is 7.06. The number of fused-ring (bicyclic) bond motifs is 6. The van der Waals surface area contributed by atoms with Crippen molar-refractivity contribution in [3.8, 4) is 33.6 Å². The van der Waals surface area contributed by atoms with E-state index in [2.05, 4.69) is 179 Å². The molecule has 0 atom stereocenters. The molecule has 9 rings (SSSR count). The maximum absolute atomic E-state index is 2.44. The zero-order chi connectivity index (χ0) is 29.0. The second-order valence-corrected chi connectivity index (χ2v) is 11.4. The lowest BCUT2D eigenvalue weighted by atomic mass is 9.99. The zero-order valence-corrected chi connectivity index (χ0v) is 24.1. The molecular formula is C42H28N2. The van der Waals surface area contributed by atoms with E-state index in [4.69, 9.17) is 0 Å². The van der Waals surface area contributed by atoms with Gasteiger partial charge in [-0.25, -0.2) is 0 Å². The molecular weight excluding hydrogens is 532 g/mol. The van der Waals surface area contributed by atoms with E-state index < -0.39 is 0 Å². The molecule has 2 heteroatoms. The van der Waals surface area contributed by atoms with E-state index in [0.717, 1.165) is 5.69 Å². The van der Waals surface area contributed by atoms with Crippen LogP contribution in [0.5, 0.6) is 0 Å². The van der Waals surface area contributed by atoms with E-state index in [1.54, 1.807) is 0 Å². The first-order valence-electron chi connectivity index (χ1n) is 15.1. The van der Waals surface area contributed by atoms with Crippen molar-refractivity contribution in [2.75, 3.05) is 0 Å². The van der Waals surface area contributed by atoms with Crippen LogP contribution in [0.15, 0.2) is 170 Å². The van der Waals surface area contributed by atoms with E-state index in [1.807, 2.05) is 0 Å². The highest BCUT2D eigenvalue weighted by Gasteiger charge is 2.19. The number of para-hydroxylation sites is 4. The van der Waals surface area contributed by atoms with Crippen LogP contribution in [0.25, 0.3) is 77.2 Å². The summed E-state index contributed by atoms with van der Waals surface area (Å²) in [7, 11) is 0. The van der Waals surface area contributed by atoms with Crippen molar-refractivity contribution in [1.29, 1.82) is 0 Å². The number of aromatic nitrogens is 2. The lowest BCUT2D eigenvalue weighted by Crippen LogP contribution is -1.98. The minimum atomic E-state index is 1.16. The van der Waals surface area contributed by atoms with Crippen LogP contribution < -0.4 is 0 Å². The molecule has 0 saturated heterocycles. The van der Waals surface area contributed by atoms with Gasteiger partial charge < -0.3 is 9.13 Å². The SMILES string of the molecule is c1ccc(-c2cccc3c2c2ccccc2n3-c2ccccc2-c2cccc(-n3c4ccccc4c4ccccc43)c2)cc1. The molecule has 0 fully saturated rings. The van der Waals surface area contributed by atoms with Crippen molar-refractivity contribution in [2.24, 2.45) is 0 Å². The average Bonchev–Trinajstić information content (AvgIpc) is 3.62. The monoisotopic (exact) mass is 560 g/mol. The van der Waals surface area contributed by atoms with E-state index in [1.165, 1.54) is 71.6 Å². The number of rotatable bonds is 4. The molecule has 2 aromatic heterocycles. The predicted molar refractivity (Wildman–Crippen MR) is 186 cm³/mol. The maximum Gasteiger partial charge on any atom is 0.0547 e. The van der Waals surface area contributed by atoms with Gasteiger partial charge in [-0.15, -0.1) is 0 Å². The Morgan fingerprint density at radius 2 is 0.841 bits per heavy atom. The highest BCUT2D eigenvalue weighted by Crippen LogP contribution is 2.41. The Morgan fingerprint density at radius 1 is 0.318 bits per heavy atom. The molecule has 0 radical (unpaired) electrons. The molecule has 0 bridgehead atoms. The third-order valence-corrected chi connectivity index (χ3v) is 8.92. The topological polar surface area (TPSA) is 9.86 Å². The van der Waals surface area contributed by atoms with Crippen molar-refractivity contribution in [2.45, 2.75) is 0 Å². The molecule has 2 nitrogen and oxygen atoms in total. The van der Waals surface area contributed by atoms with Gasteiger partial charge >= 0.3 is 0 Å². The third kappa shape index (κ3) is 3.68. The Morgan fingerprint density at radius 3 is 1.59 bits per heavy atom. The summed E-state index contributed by atoms with van der Waals surface area (Å²) in [5, 5.41) is 5.08. The standard InChI is InChI=1S/C42H28N2/c1-2-14-29(15-3-1)33-22-13-27-41-42(33)36-21-7-11-26-40(36)44(41)37-23-8-4-18-32(37)30-16-12-17-31(28-30)43-38-24-9-5-19-34(38)35-20-6-10-25-39(35)43/h1-28H. The summed E-state index contributed by atoms with van der Waals surface area (Å²) >= 11 is 0. The molecule has 7 aromatic carbocycles. The first kappa shape index (κ1) is 24.7. The summed E-state index contributed by atoms with van der Waals surface area (Å²) in [6.07, 6.45) is 0. The second kappa shape index (κ2) is 9.86. The lowest BCUT2D eigenvalue weighted by molar-refractivity contribution is 1.17. The summed E-state index contributed by atoms with van der Waals surface area (Å²) in [4.78, 5) is 0. The molecule has 0 amide bonds. The van der Waals surface area contributed by atoms with Crippen LogP contribution in [0.4, 0.5) is 0 Å². The van der Waals surface area contributed by atoms with Gasteiger partial charge in [0.15, 0.2) is 0 Å². The van der Waals surface area contributed by atoms with E-state index in [-0.39, 0.29) is 0 Å². The van der Waals surface area contributed by atoms with Gasteiger partial charge in [-0.1, -0.05) is 127 Å². The van der Waals surface area contributed by atoms with Crippen molar-refractivity contribution in [3.63, 3.8) is 0 Å². The lowest BCUT2D eigenvalue weighted by Gasteiger charge is -2.16. The van der Waals surface area contributed by atoms with E-state index in [0.29, 0.717) is 0 Å². The quantitative estimate of drug-likeness (QED) is 0.203. The molecule has 206 valence electrons. The maximum atomic E-state index is 2.44. The smallest absolute Gasteiger partial charge is 0.0547 e. The van der Waals surface area contributed by atoms with Gasteiger partial charge in [0.1, 0.15) is 0 Å². The molecule has 44 heavy (non-hydrogen) atoms. The summed E-state index contributed by atoms with van der Waals surface area (Å²) < 4.78 is 4.84. The minimum Gasteiger partial charge on any atom is -0.309 e. The number of nitrogens with zero attached hydrogens (tertiary/aromatic N) is 2. The van der Waals surface area contributed by atoms with Crippen LogP contribution in [-0.2, 0) is 0 Å². The fraction of sp³-hybridized carbons (Fsp3) is 0. The fourth-order valence-corrected chi connectivity index (χ4v) is 7.06. The third-order valence-electron chi connectivity index (χ3n) is 8.92. The van der Waals surface area contributed by atoms with Gasteiger partial charge in [0.05, 0.1) is 27.8 Å². The number of benzene rings is 7. The number of hydrogen-bond acceptors (Lipinski definition) is 0. The Balaban J connectivity index is 1.29. The van der Waals surface area contributed by atoms with Crippen molar-refractivity contribution >= 4 is 43.6 Å². The molecule has 0 spiro atoms. The van der Waals surface area contributed by atoms with Crippen molar-refractivity contribution in [3.05, 3.63) is 170 Å². The van der Waals surface area contributed by atoms with Gasteiger partial charge in [-0.3, -0.25) is 0 Å². The van der Waals surface area contributed by atoms with Crippen molar-refractivity contribution < 1.29 is 0 Å². The van der Waals surface area contributed by atoms with Crippen LogP contribution >= 0.6 is 0 Å². The summed E-state index contributed by atoms with van der Waals surface area (Å²) in [5.74, 6) is 0. The Labute approximate surface area is 255 Å². The average molecular weight is 561 g/mol. The summed E-state index contributed by atoms with van der Waals surface area (Å²) in [5.41, 5.74) is 12.0. The molecule has 0 aliphatic carbocycles. The molecule has 0 aliphatic heterocycles. The highest BCUT2D eigenvalue weighted by atomic mass is 15.0. The van der Waals surface area contributed by atoms with Crippen LogP contribution in [0.1, 0.15) is 0 Å². The largest absolute Gasteiger partial charge is 0.309 e. The first-order valence-corrected chi connectivity index (χ1v) is 15.1. The molecule has 9 aromatic rings. The molecule has 0 saturated carbocycles. The van der Waals surface area contributed by atoms with Gasteiger partial charge in [-0.05, 0) is 59.2 Å².